The molecule has 0 spiro atoms. The van der Waals surface area contributed by atoms with Crippen molar-refractivity contribution in [3.8, 4) is 34.5 Å². The van der Waals surface area contributed by atoms with Gasteiger partial charge in [-0.3, -0.25) is 0 Å². The van der Waals surface area contributed by atoms with Gasteiger partial charge < -0.3 is 14.0 Å². The molecule has 0 atom stereocenters. The van der Waals surface area contributed by atoms with Crippen LogP contribution in [0.2, 0.25) is 0 Å². The second-order valence-corrected chi connectivity index (χ2v) is 6.13. The van der Waals surface area contributed by atoms with E-state index in [1.54, 1.807) is 7.11 Å². The molecule has 0 amide bonds. The van der Waals surface area contributed by atoms with Gasteiger partial charge in [0.1, 0.15) is 5.75 Å². The van der Waals surface area contributed by atoms with Gasteiger partial charge in [0.05, 0.1) is 24.8 Å². The number of fused-ring (bicyclic) bond motifs is 1. The van der Waals surface area contributed by atoms with E-state index in [9.17, 15) is 0 Å². The monoisotopic (exact) mass is 361 g/mol. The van der Waals surface area contributed by atoms with E-state index in [0.717, 1.165) is 27.8 Å². The zero-order valence-electron chi connectivity index (χ0n) is 15.4. The van der Waals surface area contributed by atoms with Gasteiger partial charge in [-0.15, -0.1) is 0 Å². The number of aryl methyl sites for hydroxylation is 1. The first-order chi connectivity index (χ1) is 13.2. The third-order valence-corrected chi connectivity index (χ3v) is 4.20. The van der Waals surface area contributed by atoms with Gasteiger partial charge in [-0.05, 0) is 50.2 Å². The average Bonchev–Trinajstić information content (AvgIpc) is 3.17. The standard InChI is InChI=1S/C21H19N3O3/c1-4-26-21-17(12-15-11-16(25-3)8-9-18(15)22-21)19-23-20(27-24-19)14-7-5-6-13(2)10-14/h5-12H,4H2,1-3H3. The summed E-state index contributed by atoms with van der Waals surface area (Å²) in [5.74, 6) is 2.13. The van der Waals surface area contributed by atoms with E-state index in [1.165, 1.54) is 0 Å². The summed E-state index contributed by atoms with van der Waals surface area (Å²) in [4.78, 5) is 9.17. The van der Waals surface area contributed by atoms with Crippen molar-refractivity contribution in [2.24, 2.45) is 0 Å². The van der Waals surface area contributed by atoms with Crippen LogP contribution in [0, 0.1) is 6.92 Å². The van der Waals surface area contributed by atoms with Crippen molar-refractivity contribution < 1.29 is 14.0 Å². The van der Waals surface area contributed by atoms with Crippen LogP contribution in [0.1, 0.15) is 12.5 Å². The summed E-state index contributed by atoms with van der Waals surface area (Å²) in [5, 5.41) is 5.06. The van der Waals surface area contributed by atoms with Crippen LogP contribution in [-0.2, 0) is 0 Å². The molecule has 6 nitrogen and oxygen atoms in total. The molecule has 0 saturated heterocycles. The summed E-state index contributed by atoms with van der Waals surface area (Å²) in [6, 6.07) is 15.6. The van der Waals surface area contributed by atoms with Gasteiger partial charge in [0, 0.05) is 10.9 Å². The lowest BCUT2D eigenvalue weighted by Gasteiger charge is -2.09. The van der Waals surface area contributed by atoms with E-state index in [4.69, 9.17) is 14.0 Å². The Morgan fingerprint density at radius 3 is 2.70 bits per heavy atom. The molecule has 136 valence electrons. The molecule has 0 saturated carbocycles. The minimum absolute atomic E-state index is 0.437. The van der Waals surface area contributed by atoms with Crippen LogP contribution in [0.5, 0.6) is 11.6 Å². The summed E-state index contributed by atoms with van der Waals surface area (Å²) in [6.45, 7) is 4.43. The molecule has 0 aliphatic carbocycles. The van der Waals surface area contributed by atoms with Gasteiger partial charge in [-0.2, -0.15) is 4.98 Å². The lowest BCUT2D eigenvalue weighted by Crippen LogP contribution is -1.98. The lowest BCUT2D eigenvalue weighted by molar-refractivity contribution is 0.329. The van der Waals surface area contributed by atoms with E-state index in [0.29, 0.717) is 29.8 Å². The Kier molecular flexibility index (Phi) is 4.46. The van der Waals surface area contributed by atoms with Gasteiger partial charge in [-0.25, -0.2) is 4.98 Å². The fourth-order valence-corrected chi connectivity index (χ4v) is 2.90. The SMILES string of the molecule is CCOc1nc2ccc(OC)cc2cc1-c1noc(-c2cccc(C)c2)n1. The van der Waals surface area contributed by atoms with Gasteiger partial charge >= 0.3 is 0 Å². The maximum Gasteiger partial charge on any atom is 0.258 e. The molecule has 0 N–H and O–H groups in total. The molecule has 0 bridgehead atoms. The number of rotatable bonds is 5. The Morgan fingerprint density at radius 1 is 1.04 bits per heavy atom. The zero-order valence-corrected chi connectivity index (χ0v) is 15.4. The van der Waals surface area contributed by atoms with Gasteiger partial charge in [-0.1, -0.05) is 22.9 Å². The summed E-state index contributed by atoms with van der Waals surface area (Å²) in [6.07, 6.45) is 0. The van der Waals surface area contributed by atoms with Crippen LogP contribution >= 0.6 is 0 Å². The second-order valence-electron chi connectivity index (χ2n) is 6.13. The van der Waals surface area contributed by atoms with Gasteiger partial charge in [0.25, 0.3) is 5.89 Å². The molecule has 2 aromatic heterocycles. The lowest BCUT2D eigenvalue weighted by atomic mass is 10.1. The van der Waals surface area contributed by atoms with Gasteiger partial charge in [0.2, 0.25) is 11.7 Å². The third kappa shape index (κ3) is 3.33. The first kappa shape index (κ1) is 17.0. The predicted molar refractivity (Wildman–Crippen MR) is 103 cm³/mol. The number of ether oxygens (including phenoxy) is 2. The minimum atomic E-state index is 0.437. The largest absolute Gasteiger partial charge is 0.497 e. The fourth-order valence-electron chi connectivity index (χ4n) is 2.90. The van der Waals surface area contributed by atoms with Crippen molar-refractivity contribution in [2.75, 3.05) is 13.7 Å². The summed E-state index contributed by atoms with van der Waals surface area (Å²) in [7, 11) is 1.64. The maximum absolute atomic E-state index is 5.73. The molecule has 0 unspecified atom stereocenters. The number of nitrogens with zero attached hydrogens (tertiary/aromatic N) is 3. The van der Waals surface area contributed by atoms with Crippen molar-refractivity contribution >= 4 is 10.9 Å². The summed E-state index contributed by atoms with van der Waals surface area (Å²) >= 11 is 0. The highest BCUT2D eigenvalue weighted by atomic mass is 16.5. The van der Waals surface area contributed by atoms with Crippen LogP contribution in [0.25, 0.3) is 33.7 Å². The molecule has 27 heavy (non-hydrogen) atoms. The number of hydrogen-bond acceptors (Lipinski definition) is 6. The predicted octanol–water partition coefficient (Wildman–Crippen LogP) is 4.67. The topological polar surface area (TPSA) is 70.3 Å². The number of methoxy groups -OCH3 is 1. The Labute approximate surface area is 156 Å². The Morgan fingerprint density at radius 2 is 1.93 bits per heavy atom. The van der Waals surface area contributed by atoms with Gasteiger partial charge in [0.15, 0.2) is 0 Å². The molecule has 6 heteroatoms. The number of pyridine rings is 1. The third-order valence-electron chi connectivity index (χ3n) is 4.20. The fraction of sp³-hybridized carbons (Fsp3) is 0.190. The van der Waals surface area contributed by atoms with Crippen molar-refractivity contribution in [3.05, 3.63) is 54.1 Å². The number of hydrogen-bond donors (Lipinski definition) is 0. The molecule has 0 radical (unpaired) electrons. The molecule has 0 fully saturated rings. The molecule has 4 rings (SSSR count). The maximum atomic E-state index is 5.73. The molecule has 0 aliphatic rings. The first-order valence-electron chi connectivity index (χ1n) is 8.70. The molecular weight excluding hydrogens is 342 g/mol. The van der Waals surface area contributed by atoms with E-state index in [2.05, 4.69) is 15.1 Å². The molecular formula is C21H19N3O3. The van der Waals surface area contributed by atoms with E-state index < -0.39 is 0 Å². The van der Waals surface area contributed by atoms with E-state index >= 15 is 0 Å². The quantitative estimate of drug-likeness (QED) is 0.514. The first-order valence-corrected chi connectivity index (χ1v) is 8.70. The highest BCUT2D eigenvalue weighted by Crippen LogP contribution is 2.32. The van der Waals surface area contributed by atoms with Crippen LogP contribution in [-0.4, -0.2) is 28.8 Å². The molecule has 2 heterocycles. The normalized spacial score (nSPS) is 10.9. The van der Waals surface area contributed by atoms with Crippen LogP contribution in [0.3, 0.4) is 0 Å². The Hall–Kier alpha value is -3.41. The second kappa shape index (κ2) is 7.07. The number of benzene rings is 2. The highest BCUT2D eigenvalue weighted by Gasteiger charge is 2.17. The van der Waals surface area contributed by atoms with Crippen LogP contribution in [0.15, 0.2) is 53.1 Å². The van der Waals surface area contributed by atoms with Crippen molar-refractivity contribution in [1.29, 1.82) is 0 Å². The van der Waals surface area contributed by atoms with Crippen LogP contribution < -0.4 is 9.47 Å². The van der Waals surface area contributed by atoms with Crippen molar-refractivity contribution in [3.63, 3.8) is 0 Å². The molecule has 4 aromatic rings. The Bertz CT molecular complexity index is 1100. The molecule has 0 aliphatic heterocycles. The average molecular weight is 361 g/mol. The minimum Gasteiger partial charge on any atom is -0.497 e. The summed E-state index contributed by atoms with van der Waals surface area (Å²) in [5.41, 5.74) is 3.49. The van der Waals surface area contributed by atoms with Crippen LogP contribution in [0.4, 0.5) is 0 Å². The summed E-state index contributed by atoms with van der Waals surface area (Å²) < 4.78 is 16.5. The smallest absolute Gasteiger partial charge is 0.258 e. The van der Waals surface area contributed by atoms with E-state index in [-0.39, 0.29) is 0 Å². The van der Waals surface area contributed by atoms with Crippen molar-refractivity contribution in [2.45, 2.75) is 13.8 Å². The Balaban J connectivity index is 1.83. The molecule has 2 aromatic carbocycles. The zero-order chi connectivity index (χ0) is 18.8. The highest BCUT2D eigenvalue weighted by molar-refractivity contribution is 5.86. The van der Waals surface area contributed by atoms with Crippen molar-refractivity contribution in [1.82, 2.24) is 15.1 Å². The number of aromatic nitrogens is 3. The van der Waals surface area contributed by atoms with E-state index in [1.807, 2.05) is 62.4 Å².